The van der Waals surface area contributed by atoms with E-state index in [0.29, 0.717) is 12.4 Å². The van der Waals surface area contributed by atoms with Crippen molar-refractivity contribution in [1.29, 1.82) is 0 Å². The molecule has 1 aliphatic rings. The lowest BCUT2D eigenvalue weighted by Gasteiger charge is -2.26. The third kappa shape index (κ3) is 4.30. The molecule has 0 unspecified atom stereocenters. The molecular weight excluding hydrogens is 398 g/mol. The van der Waals surface area contributed by atoms with Gasteiger partial charge in [-0.2, -0.15) is 0 Å². The number of para-hydroxylation sites is 1. The maximum absolute atomic E-state index is 12.7. The summed E-state index contributed by atoms with van der Waals surface area (Å²) in [5.41, 5.74) is 3.60. The van der Waals surface area contributed by atoms with Gasteiger partial charge in [-0.25, -0.2) is 9.97 Å². The number of hydrogen-bond acceptors (Lipinski definition) is 5. The van der Waals surface area contributed by atoms with E-state index in [1.807, 2.05) is 65.6 Å². The fourth-order valence-corrected chi connectivity index (χ4v) is 4.07. The number of fused-ring (bicyclic) bond motifs is 1. The van der Waals surface area contributed by atoms with Gasteiger partial charge in [0.25, 0.3) is 5.91 Å². The minimum absolute atomic E-state index is 0.132. The van der Waals surface area contributed by atoms with Crippen molar-refractivity contribution in [3.8, 4) is 11.4 Å². The summed E-state index contributed by atoms with van der Waals surface area (Å²) in [4.78, 5) is 28.3. The molecular formula is C26H25N5O. The van der Waals surface area contributed by atoms with Crippen LogP contribution in [0.1, 0.15) is 35.2 Å². The predicted molar refractivity (Wildman–Crippen MR) is 126 cm³/mol. The standard InChI is InChI=1S/C26H25N5O/c32-26(31-15-4-1-5-16-31)20-12-10-19(11-13-20)17-28-25-22-8-2-3-9-23(22)29-24(30-25)21-7-6-14-27-18-21/h2-3,6-14,18H,1,4-5,15-17H2,(H,28,29,30). The Hall–Kier alpha value is -3.80. The Balaban J connectivity index is 1.35. The van der Waals surface area contributed by atoms with Crippen LogP contribution in [0.25, 0.3) is 22.3 Å². The van der Waals surface area contributed by atoms with Crippen LogP contribution < -0.4 is 5.32 Å². The summed E-state index contributed by atoms with van der Waals surface area (Å²) in [6, 6.07) is 19.7. The molecule has 0 atom stereocenters. The number of nitrogens with one attached hydrogen (secondary N) is 1. The zero-order valence-electron chi connectivity index (χ0n) is 17.9. The Morgan fingerprint density at radius 2 is 1.72 bits per heavy atom. The molecule has 1 fully saturated rings. The van der Waals surface area contributed by atoms with Crippen molar-refractivity contribution in [2.45, 2.75) is 25.8 Å². The number of rotatable bonds is 5. The molecule has 1 aliphatic heterocycles. The molecule has 32 heavy (non-hydrogen) atoms. The first-order chi connectivity index (χ1) is 15.8. The Morgan fingerprint density at radius 1 is 0.906 bits per heavy atom. The van der Waals surface area contributed by atoms with Crippen LogP contribution in [0.5, 0.6) is 0 Å². The number of pyridine rings is 1. The van der Waals surface area contributed by atoms with Crippen LogP contribution in [0.15, 0.2) is 73.1 Å². The monoisotopic (exact) mass is 423 g/mol. The van der Waals surface area contributed by atoms with Gasteiger partial charge in [-0.05, 0) is 61.2 Å². The van der Waals surface area contributed by atoms with Crippen LogP contribution in [0.2, 0.25) is 0 Å². The molecule has 3 heterocycles. The van der Waals surface area contributed by atoms with E-state index >= 15 is 0 Å². The second-order valence-electron chi connectivity index (χ2n) is 8.06. The molecule has 2 aromatic heterocycles. The summed E-state index contributed by atoms with van der Waals surface area (Å²) in [5.74, 6) is 1.55. The maximum atomic E-state index is 12.7. The molecule has 1 saturated heterocycles. The highest BCUT2D eigenvalue weighted by atomic mass is 16.2. The number of carbonyl (C=O) groups is 1. The Morgan fingerprint density at radius 3 is 2.50 bits per heavy atom. The van der Waals surface area contributed by atoms with Gasteiger partial charge in [0.15, 0.2) is 5.82 Å². The highest BCUT2D eigenvalue weighted by Gasteiger charge is 2.18. The number of carbonyl (C=O) groups excluding carboxylic acids is 1. The van der Waals surface area contributed by atoms with Crippen LogP contribution in [0.3, 0.4) is 0 Å². The fraction of sp³-hybridized carbons (Fsp3) is 0.231. The van der Waals surface area contributed by atoms with E-state index in [9.17, 15) is 4.79 Å². The van der Waals surface area contributed by atoms with Crippen LogP contribution in [-0.2, 0) is 6.54 Å². The van der Waals surface area contributed by atoms with Gasteiger partial charge < -0.3 is 10.2 Å². The Labute approximate surface area is 187 Å². The van der Waals surface area contributed by atoms with Crippen molar-refractivity contribution in [3.63, 3.8) is 0 Å². The molecule has 0 spiro atoms. The molecule has 0 saturated carbocycles. The first-order valence-electron chi connectivity index (χ1n) is 11.1. The number of hydrogen-bond donors (Lipinski definition) is 1. The number of piperidine rings is 1. The smallest absolute Gasteiger partial charge is 0.253 e. The normalized spacial score (nSPS) is 13.8. The minimum Gasteiger partial charge on any atom is -0.365 e. The molecule has 2 aromatic carbocycles. The van der Waals surface area contributed by atoms with Gasteiger partial charge in [-0.1, -0.05) is 24.3 Å². The zero-order chi connectivity index (χ0) is 21.8. The summed E-state index contributed by atoms with van der Waals surface area (Å²) < 4.78 is 0. The van der Waals surface area contributed by atoms with E-state index in [1.165, 1.54) is 6.42 Å². The van der Waals surface area contributed by atoms with E-state index in [0.717, 1.165) is 59.3 Å². The van der Waals surface area contributed by atoms with Gasteiger partial charge in [-0.15, -0.1) is 0 Å². The topological polar surface area (TPSA) is 71.0 Å². The number of nitrogens with zero attached hydrogens (tertiary/aromatic N) is 4. The Bertz CT molecular complexity index is 1220. The van der Waals surface area contributed by atoms with Crippen molar-refractivity contribution in [1.82, 2.24) is 19.9 Å². The minimum atomic E-state index is 0.132. The SMILES string of the molecule is O=C(c1ccc(CNc2nc(-c3cccnc3)nc3ccccc23)cc1)N1CCCCC1. The van der Waals surface area contributed by atoms with Crippen LogP contribution in [0, 0.1) is 0 Å². The van der Waals surface area contributed by atoms with Crippen LogP contribution in [0.4, 0.5) is 5.82 Å². The summed E-state index contributed by atoms with van der Waals surface area (Å²) >= 11 is 0. The van der Waals surface area contributed by atoms with Gasteiger partial charge in [0.05, 0.1) is 5.52 Å². The quantitative estimate of drug-likeness (QED) is 0.493. The average Bonchev–Trinajstić information content (AvgIpc) is 2.88. The fourth-order valence-electron chi connectivity index (χ4n) is 4.07. The number of aromatic nitrogens is 3. The van der Waals surface area contributed by atoms with E-state index in [1.54, 1.807) is 12.4 Å². The highest BCUT2D eigenvalue weighted by molar-refractivity contribution is 5.94. The van der Waals surface area contributed by atoms with Gasteiger partial charge in [0.2, 0.25) is 0 Å². The number of likely N-dealkylation sites (tertiary alicyclic amines) is 1. The van der Waals surface area contributed by atoms with Gasteiger partial charge >= 0.3 is 0 Å². The van der Waals surface area contributed by atoms with Gasteiger partial charge in [0, 0.05) is 48.5 Å². The van der Waals surface area contributed by atoms with Crippen LogP contribution in [-0.4, -0.2) is 38.8 Å². The van der Waals surface area contributed by atoms with E-state index in [2.05, 4.69) is 10.3 Å². The average molecular weight is 424 g/mol. The lowest BCUT2D eigenvalue weighted by atomic mass is 10.1. The lowest BCUT2D eigenvalue weighted by Crippen LogP contribution is -2.35. The van der Waals surface area contributed by atoms with Crippen molar-refractivity contribution in [2.24, 2.45) is 0 Å². The second kappa shape index (κ2) is 9.14. The molecule has 4 aromatic rings. The number of anilines is 1. The van der Waals surface area contributed by atoms with Crippen molar-refractivity contribution in [2.75, 3.05) is 18.4 Å². The van der Waals surface area contributed by atoms with Gasteiger partial charge in [-0.3, -0.25) is 9.78 Å². The van der Waals surface area contributed by atoms with Crippen molar-refractivity contribution < 1.29 is 4.79 Å². The zero-order valence-corrected chi connectivity index (χ0v) is 17.9. The summed E-state index contributed by atoms with van der Waals surface area (Å²) in [5, 5.41) is 4.43. The molecule has 6 nitrogen and oxygen atoms in total. The molecule has 1 N–H and O–H groups in total. The second-order valence-corrected chi connectivity index (χ2v) is 8.06. The lowest BCUT2D eigenvalue weighted by molar-refractivity contribution is 0.0724. The number of amides is 1. The molecule has 5 rings (SSSR count). The molecule has 6 heteroatoms. The highest BCUT2D eigenvalue weighted by Crippen LogP contribution is 2.25. The summed E-state index contributed by atoms with van der Waals surface area (Å²) in [6.07, 6.45) is 6.92. The largest absolute Gasteiger partial charge is 0.365 e. The predicted octanol–water partition coefficient (Wildman–Crippen LogP) is 4.93. The van der Waals surface area contributed by atoms with Crippen LogP contribution >= 0.6 is 0 Å². The van der Waals surface area contributed by atoms with E-state index < -0.39 is 0 Å². The summed E-state index contributed by atoms with van der Waals surface area (Å²) in [6.45, 7) is 2.33. The van der Waals surface area contributed by atoms with E-state index in [4.69, 9.17) is 9.97 Å². The molecule has 1 amide bonds. The molecule has 0 radical (unpaired) electrons. The van der Waals surface area contributed by atoms with Gasteiger partial charge in [0.1, 0.15) is 5.82 Å². The van der Waals surface area contributed by atoms with Crippen molar-refractivity contribution in [3.05, 3.63) is 84.2 Å². The third-order valence-corrected chi connectivity index (χ3v) is 5.83. The molecule has 0 aliphatic carbocycles. The molecule has 0 bridgehead atoms. The first-order valence-corrected chi connectivity index (χ1v) is 11.1. The van der Waals surface area contributed by atoms with Crippen molar-refractivity contribution >= 4 is 22.6 Å². The molecule has 160 valence electrons. The maximum Gasteiger partial charge on any atom is 0.253 e. The summed E-state index contributed by atoms with van der Waals surface area (Å²) in [7, 11) is 0. The first kappa shape index (κ1) is 20.1. The van der Waals surface area contributed by atoms with E-state index in [-0.39, 0.29) is 5.91 Å². The third-order valence-electron chi connectivity index (χ3n) is 5.83. The number of benzene rings is 2. The Kier molecular flexibility index (Phi) is 5.75.